The van der Waals surface area contributed by atoms with Crippen molar-refractivity contribution in [2.45, 2.75) is 13.0 Å². The summed E-state index contributed by atoms with van der Waals surface area (Å²) in [5.74, 6) is -0.134. The third kappa shape index (κ3) is 3.18. The molecular weight excluding hydrogens is 288 g/mol. The molecule has 1 amide bonds. The molecule has 5 heteroatoms. The highest BCUT2D eigenvalue weighted by molar-refractivity contribution is 5.98. The van der Waals surface area contributed by atoms with Gasteiger partial charge in [-0.25, -0.2) is 0 Å². The van der Waals surface area contributed by atoms with Crippen LogP contribution in [0, 0.1) is 0 Å². The number of anilines is 1. The molecule has 3 aromatic rings. The van der Waals surface area contributed by atoms with Crippen LogP contribution in [0.25, 0.3) is 10.9 Å². The van der Waals surface area contributed by atoms with Gasteiger partial charge in [0, 0.05) is 36.9 Å². The molecule has 2 heterocycles. The van der Waals surface area contributed by atoms with E-state index in [4.69, 9.17) is 0 Å². The van der Waals surface area contributed by atoms with Gasteiger partial charge in [-0.1, -0.05) is 12.1 Å². The van der Waals surface area contributed by atoms with E-state index < -0.39 is 0 Å². The lowest BCUT2D eigenvalue weighted by atomic mass is 10.2. The second-order valence-corrected chi connectivity index (χ2v) is 5.80. The molecule has 0 aliphatic rings. The van der Waals surface area contributed by atoms with Gasteiger partial charge >= 0.3 is 0 Å². The van der Waals surface area contributed by atoms with Gasteiger partial charge in [0.15, 0.2) is 0 Å². The number of carbonyl (C=O) groups is 1. The molecule has 0 aliphatic carbocycles. The van der Waals surface area contributed by atoms with Crippen molar-refractivity contribution < 1.29 is 4.79 Å². The summed E-state index contributed by atoms with van der Waals surface area (Å²) in [6.45, 7) is 1.92. The number of nitrogens with zero attached hydrogens (tertiary/aromatic N) is 2. The Balaban J connectivity index is 1.81. The Bertz CT molecular complexity index is 823. The minimum Gasteiger partial charge on any atom is -0.378 e. The maximum absolute atomic E-state index is 12.4. The van der Waals surface area contributed by atoms with Gasteiger partial charge in [-0.2, -0.15) is 0 Å². The number of H-pyrrole nitrogens is 1. The maximum atomic E-state index is 12.4. The molecule has 0 bridgehead atoms. The van der Waals surface area contributed by atoms with Crippen LogP contribution in [-0.4, -0.2) is 30.0 Å². The minimum absolute atomic E-state index is 0.134. The standard InChI is InChI=1S/C18H20N4O/c1-12(15-6-4-5-9-19-15)20-18(23)17-10-13-7-8-14(22(2)3)11-16(13)21-17/h4-12,21H,1-3H3,(H,20,23)/t12-/m1/s1. The molecule has 3 rings (SSSR count). The maximum Gasteiger partial charge on any atom is 0.268 e. The molecule has 5 nitrogen and oxygen atoms in total. The van der Waals surface area contributed by atoms with Crippen LogP contribution in [0.4, 0.5) is 5.69 Å². The third-order valence-corrected chi connectivity index (χ3v) is 3.85. The fourth-order valence-electron chi connectivity index (χ4n) is 2.50. The predicted octanol–water partition coefficient (Wildman–Crippen LogP) is 3.12. The summed E-state index contributed by atoms with van der Waals surface area (Å²) < 4.78 is 0. The third-order valence-electron chi connectivity index (χ3n) is 3.85. The fraction of sp³-hybridized carbons (Fsp3) is 0.222. The first kappa shape index (κ1) is 15.1. The van der Waals surface area contributed by atoms with Gasteiger partial charge in [0.25, 0.3) is 5.91 Å². The van der Waals surface area contributed by atoms with E-state index in [0.29, 0.717) is 5.69 Å². The summed E-state index contributed by atoms with van der Waals surface area (Å²) in [5.41, 5.74) is 3.44. The van der Waals surface area contributed by atoms with Gasteiger partial charge in [0.2, 0.25) is 0 Å². The highest BCUT2D eigenvalue weighted by Crippen LogP contribution is 2.22. The smallest absolute Gasteiger partial charge is 0.268 e. The van der Waals surface area contributed by atoms with Crippen molar-refractivity contribution >= 4 is 22.5 Å². The quantitative estimate of drug-likeness (QED) is 0.778. The molecule has 118 valence electrons. The average Bonchev–Trinajstić information content (AvgIpc) is 2.98. The average molecular weight is 308 g/mol. The predicted molar refractivity (Wildman–Crippen MR) is 92.7 cm³/mol. The van der Waals surface area contributed by atoms with Crippen LogP contribution in [-0.2, 0) is 0 Å². The summed E-state index contributed by atoms with van der Waals surface area (Å²) >= 11 is 0. The van der Waals surface area contributed by atoms with Crippen LogP contribution in [0.1, 0.15) is 29.1 Å². The van der Waals surface area contributed by atoms with Gasteiger partial charge in [0.05, 0.1) is 11.7 Å². The second kappa shape index (κ2) is 6.12. The van der Waals surface area contributed by atoms with Crippen molar-refractivity contribution in [2.24, 2.45) is 0 Å². The normalized spacial score (nSPS) is 12.1. The van der Waals surface area contributed by atoms with Gasteiger partial charge in [0.1, 0.15) is 5.69 Å². The van der Waals surface area contributed by atoms with E-state index in [9.17, 15) is 4.79 Å². The number of hydrogen-bond acceptors (Lipinski definition) is 3. The van der Waals surface area contributed by atoms with Crippen molar-refractivity contribution in [1.29, 1.82) is 0 Å². The molecule has 0 saturated heterocycles. The number of fused-ring (bicyclic) bond motifs is 1. The van der Waals surface area contributed by atoms with Crippen LogP contribution < -0.4 is 10.2 Å². The van der Waals surface area contributed by atoms with Crippen molar-refractivity contribution in [2.75, 3.05) is 19.0 Å². The largest absolute Gasteiger partial charge is 0.378 e. The first-order valence-electron chi connectivity index (χ1n) is 7.56. The number of aromatic nitrogens is 2. The first-order chi connectivity index (χ1) is 11.0. The number of benzene rings is 1. The number of hydrogen-bond donors (Lipinski definition) is 2. The van der Waals surface area contributed by atoms with Gasteiger partial charge in [-0.3, -0.25) is 9.78 Å². The highest BCUT2D eigenvalue weighted by Gasteiger charge is 2.14. The Labute approximate surface area is 135 Å². The van der Waals surface area contributed by atoms with E-state index in [2.05, 4.69) is 15.3 Å². The van der Waals surface area contributed by atoms with Crippen LogP contribution >= 0.6 is 0 Å². The monoisotopic (exact) mass is 308 g/mol. The Morgan fingerprint density at radius 2 is 2.04 bits per heavy atom. The summed E-state index contributed by atoms with van der Waals surface area (Å²) in [6, 6.07) is 13.5. The van der Waals surface area contributed by atoms with Crippen molar-refractivity contribution in [3.8, 4) is 0 Å². The highest BCUT2D eigenvalue weighted by atomic mass is 16.1. The van der Waals surface area contributed by atoms with E-state index in [0.717, 1.165) is 22.3 Å². The number of nitrogens with one attached hydrogen (secondary N) is 2. The Hall–Kier alpha value is -2.82. The SMILES string of the molecule is C[C@@H](NC(=O)c1cc2ccc(N(C)C)cc2[nH]1)c1ccccn1. The molecule has 2 N–H and O–H groups in total. The number of pyridine rings is 1. The van der Waals surface area contributed by atoms with Crippen molar-refractivity contribution in [3.05, 3.63) is 60.0 Å². The molecule has 0 radical (unpaired) electrons. The number of carbonyl (C=O) groups excluding carboxylic acids is 1. The molecule has 1 atom stereocenters. The molecule has 0 saturated carbocycles. The lowest BCUT2D eigenvalue weighted by molar-refractivity contribution is 0.0935. The molecule has 0 spiro atoms. The van der Waals surface area contributed by atoms with E-state index in [1.807, 2.05) is 68.4 Å². The lowest BCUT2D eigenvalue weighted by Crippen LogP contribution is -2.27. The molecular formula is C18H20N4O. The summed E-state index contributed by atoms with van der Waals surface area (Å²) in [5, 5.41) is 3.99. The van der Waals surface area contributed by atoms with E-state index in [1.54, 1.807) is 6.20 Å². The van der Waals surface area contributed by atoms with Gasteiger partial charge in [-0.15, -0.1) is 0 Å². The zero-order valence-corrected chi connectivity index (χ0v) is 13.5. The zero-order chi connectivity index (χ0) is 16.4. The van der Waals surface area contributed by atoms with E-state index in [1.165, 1.54) is 0 Å². The topological polar surface area (TPSA) is 61.0 Å². The molecule has 0 fully saturated rings. The minimum atomic E-state index is -0.146. The number of rotatable bonds is 4. The molecule has 23 heavy (non-hydrogen) atoms. The fourth-order valence-corrected chi connectivity index (χ4v) is 2.50. The summed E-state index contributed by atoms with van der Waals surface area (Å²) in [6.07, 6.45) is 1.73. The van der Waals surface area contributed by atoms with Crippen molar-refractivity contribution in [3.63, 3.8) is 0 Å². The Morgan fingerprint density at radius 1 is 1.22 bits per heavy atom. The Morgan fingerprint density at radius 3 is 2.74 bits per heavy atom. The summed E-state index contributed by atoms with van der Waals surface area (Å²) in [4.78, 5) is 21.9. The van der Waals surface area contributed by atoms with Crippen LogP contribution in [0.5, 0.6) is 0 Å². The van der Waals surface area contributed by atoms with Crippen molar-refractivity contribution in [1.82, 2.24) is 15.3 Å². The molecule has 0 aliphatic heterocycles. The van der Waals surface area contributed by atoms with Crippen LogP contribution in [0.15, 0.2) is 48.7 Å². The van der Waals surface area contributed by atoms with Gasteiger partial charge < -0.3 is 15.2 Å². The van der Waals surface area contributed by atoms with Crippen LogP contribution in [0.2, 0.25) is 0 Å². The summed E-state index contributed by atoms with van der Waals surface area (Å²) in [7, 11) is 3.98. The van der Waals surface area contributed by atoms with E-state index >= 15 is 0 Å². The first-order valence-corrected chi connectivity index (χ1v) is 7.56. The number of amides is 1. The number of aromatic amines is 1. The lowest BCUT2D eigenvalue weighted by Gasteiger charge is -2.12. The van der Waals surface area contributed by atoms with Gasteiger partial charge in [-0.05, 0) is 37.3 Å². The van der Waals surface area contributed by atoms with Crippen LogP contribution in [0.3, 0.4) is 0 Å². The second-order valence-electron chi connectivity index (χ2n) is 5.80. The van der Waals surface area contributed by atoms with E-state index in [-0.39, 0.29) is 11.9 Å². The molecule has 0 unspecified atom stereocenters. The molecule has 1 aromatic carbocycles. The molecule has 2 aromatic heterocycles. The Kier molecular flexibility index (Phi) is 4.02. The zero-order valence-electron chi connectivity index (χ0n) is 13.5.